The average molecular weight is 261 g/mol. The Hall–Kier alpha value is -1.84. The summed E-state index contributed by atoms with van der Waals surface area (Å²) in [5.74, 6) is 0.317. The van der Waals surface area contributed by atoms with Crippen molar-refractivity contribution in [2.45, 2.75) is 26.2 Å². The van der Waals surface area contributed by atoms with Crippen LogP contribution in [0.2, 0.25) is 0 Å². The maximum atomic E-state index is 12.2. The Bertz CT molecular complexity index is 456. The van der Waals surface area contributed by atoms with Crippen LogP contribution in [0.4, 0.5) is 4.79 Å². The molecule has 2 rings (SSSR count). The van der Waals surface area contributed by atoms with Gasteiger partial charge in [-0.15, -0.1) is 0 Å². The zero-order valence-corrected chi connectivity index (χ0v) is 11.3. The zero-order valence-electron chi connectivity index (χ0n) is 11.3. The number of amides is 2. The molecule has 0 aromatic heterocycles. The average Bonchev–Trinajstić information content (AvgIpc) is 2.82. The smallest absolute Gasteiger partial charge is 0.416 e. The number of imide groups is 1. The van der Waals surface area contributed by atoms with Gasteiger partial charge < -0.3 is 4.74 Å². The Kier molecular flexibility index (Phi) is 4.20. The van der Waals surface area contributed by atoms with Crippen LogP contribution in [0.1, 0.15) is 31.7 Å². The molecule has 2 amide bonds. The Balaban J connectivity index is 2.09. The van der Waals surface area contributed by atoms with E-state index in [1.807, 2.05) is 30.3 Å². The zero-order chi connectivity index (χ0) is 13.8. The van der Waals surface area contributed by atoms with E-state index in [2.05, 4.69) is 13.8 Å². The van der Waals surface area contributed by atoms with E-state index in [4.69, 9.17) is 4.74 Å². The van der Waals surface area contributed by atoms with Gasteiger partial charge in [0.25, 0.3) is 0 Å². The summed E-state index contributed by atoms with van der Waals surface area (Å²) >= 11 is 0. The lowest BCUT2D eigenvalue weighted by Gasteiger charge is -2.22. The molecular formula is C15H19NO3. The summed E-state index contributed by atoms with van der Waals surface area (Å²) < 4.78 is 4.80. The lowest BCUT2D eigenvalue weighted by molar-refractivity contribution is -0.128. The first-order chi connectivity index (χ1) is 9.09. The number of carbonyl (C=O) groups is 2. The minimum absolute atomic E-state index is 0.127. The molecule has 102 valence electrons. The Labute approximate surface area is 113 Å². The lowest BCUT2D eigenvalue weighted by Crippen LogP contribution is -2.33. The van der Waals surface area contributed by atoms with E-state index in [9.17, 15) is 9.59 Å². The van der Waals surface area contributed by atoms with E-state index in [1.165, 1.54) is 4.90 Å². The van der Waals surface area contributed by atoms with Gasteiger partial charge in [0.15, 0.2) is 0 Å². The van der Waals surface area contributed by atoms with Crippen LogP contribution in [0.5, 0.6) is 0 Å². The van der Waals surface area contributed by atoms with Crippen molar-refractivity contribution in [1.82, 2.24) is 4.90 Å². The first-order valence-corrected chi connectivity index (χ1v) is 6.61. The van der Waals surface area contributed by atoms with Gasteiger partial charge in [0, 0.05) is 6.42 Å². The summed E-state index contributed by atoms with van der Waals surface area (Å²) in [5.41, 5.74) is 1.14. The minimum atomic E-state index is -0.513. The topological polar surface area (TPSA) is 46.6 Å². The number of cyclic esters (lactones) is 1. The van der Waals surface area contributed by atoms with Crippen molar-refractivity contribution in [3.05, 3.63) is 35.9 Å². The van der Waals surface area contributed by atoms with Crippen LogP contribution < -0.4 is 0 Å². The maximum Gasteiger partial charge on any atom is 0.416 e. The van der Waals surface area contributed by atoms with Crippen molar-refractivity contribution in [2.75, 3.05) is 13.2 Å². The summed E-state index contributed by atoms with van der Waals surface area (Å²) in [6, 6.07) is 9.96. The molecule has 1 atom stereocenters. The Morgan fingerprint density at radius 2 is 2.00 bits per heavy atom. The van der Waals surface area contributed by atoms with Crippen LogP contribution in [0.25, 0.3) is 0 Å². The van der Waals surface area contributed by atoms with Crippen molar-refractivity contribution >= 4 is 12.0 Å². The van der Waals surface area contributed by atoms with Crippen LogP contribution in [-0.2, 0) is 9.53 Å². The van der Waals surface area contributed by atoms with E-state index < -0.39 is 6.09 Å². The van der Waals surface area contributed by atoms with Gasteiger partial charge in [-0.3, -0.25) is 4.79 Å². The third-order valence-corrected chi connectivity index (χ3v) is 3.49. The minimum Gasteiger partial charge on any atom is -0.447 e. The van der Waals surface area contributed by atoms with Gasteiger partial charge in [0.05, 0.1) is 6.54 Å². The van der Waals surface area contributed by atoms with E-state index in [-0.39, 0.29) is 11.8 Å². The fourth-order valence-corrected chi connectivity index (χ4v) is 2.36. The molecule has 0 unspecified atom stereocenters. The van der Waals surface area contributed by atoms with Crippen molar-refractivity contribution in [3.8, 4) is 0 Å². The van der Waals surface area contributed by atoms with Crippen LogP contribution in [0.3, 0.4) is 0 Å². The molecule has 4 heteroatoms. The van der Waals surface area contributed by atoms with Gasteiger partial charge in [-0.25, -0.2) is 9.69 Å². The first-order valence-electron chi connectivity index (χ1n) is 6.61. The standard InChI is InChI=1S/C15H19NO3/c1-11(2)13(12-6-4-3-5-7-12)10-14(17)16-8-9-19-15(16)18/h3-7,11,13H,8-10H2,1-2H3/t13-/m1/s1. The molecule has 1 heterocycles. The number of hydrogen-bond donors (Lipinski definition) is 0. The second kappa shape index (κ2) is 5.87. The lowest BCUT2D eigenvalue weighted by atomic mass is 9.85. The van der Waals surface area contributed by atoms with Gasteiger partial charge in [0.1, 0.15) is 6.61 Å². The summed E-state index contributed by atoms with van der Waals surface area (Å²) in [5, 5.41) is 0. The molecule has 1 fully saturated rings. The quantitative estimate of drug-likeness (QED) is 0.837. The Morgan fingerprint density at radius 1 is 1.32 bits per heavy atom. The summed E-state index contributed by atoms with van der Waals surface area (Å²) in [6.07, 6.45) is -0.169. The molecule has 1 aromatic rings. The summed E-state index contributed by atoms with van der Waals surface area (Å²) in [7, 11) is 0. The fourth-order valence-electron chi connectivity index (χ4n) is 2.36. The molecule has 1 aliphatic rings. The van der Waals surface area contributed by atoms with Gasteiger partial charge in [-0.1, -0.05) is 44.2 Å². The third kappa shape index (κ3) is 3.13. The highest BCUT2D eigenvalue weighted by atomic mass is 16.6. The number of nitrogens with zero attached hydrogens (tertiary/aromatic N) is 1. The van der Waals surface area contributed by atoms with E-state index in [1.54, 1.807) is 0 Å². The van der Waals surface area contributed by atoms with Gasteiger partial charge in [-0.05, 0) is 17.4 Å². The molecule has 0 N–H and O–H groups in total. The van der Waals surface area contributed by atoms with Crippen LogP contribution in [-0.4, -0.2) is 30.1 Å². The highest BCUT2D eigenvalue weighted by Crippen LogP contribution is 2.28. The predicted molar refractivity (Wildman–Crippen MR) is 71.7 cm³/mol. The van der Waals surface area contributed by atoms with Crippen molar-refractivity contribution in [1.29, 1.82) is 0 Å². The molecule has 1 aliphatic heterocycles. The highest BCUT2D eigenvalue weighted by Gasteiger charge is 2.30. The predicted octanol–water partition coefficient (Wildman–Crippen LogP) is 2.80. The molecule has 0 bridgehead atoms. The summed E-state index contributed by atoms with van der Waals surface area (Å²) in [6.45, 7) is 4.86. The van der Waals surface area contributed by atoms with E-state index in [0.29, 0.717) is 25.5 Å². The van der Waals surface area contributed by atoms with Gasteiger partial charge in [0.2, 0.25) is 5.91 Å². The number of carbonyl (C=O) groups excluding carboxylic acids is 2. The fraction of sp³-hybridized carbons (Fsp3) is 0.467. The van der Waals surface area contributed by atoms with Crippen LogP contribution in [0, 0.1) is 5.92 Å². The largest absolute Gasteiger partial charge is 0.447 e. The summed E-state index contributed by atoms with van der Waals surface area (Å²) in [4.78, 5) is 24.8. The van der Waals surface area contributed by atoms with E-state index in [0.717, 1.165) is 5.56 Å². The number of rotatable bonds is 4. The van der Waals surface area contributed by atoms with Crippen molar-refractivity contribution in [3.63, 3.8) is 0 Å². The Morgan fingerprint density at radius 3 is 2.53 bits per heavy atom. The van der Waals surface area contributed by atoms with Gasteiger partial charge >= 0.3 is 6.09 Å². The number of ether oxygens (including phenoxy) is 1. The molecule has 1 aromatic carbocycles. The maximum absolute atomic E-state index is 12.2. The molecule has 0 aliphatic carbocycles. The molecule has 0 saturated carbocycles. The normalized spacial score (nSPS) is 16.6. The second-order valence-electron chi connectivity index (χ2n) is 5.13. The van der Waals surface area contributed by atoms with Crippen molar-refractivity contribution < 1.29 is 14.3 Å². The van der Waals surface area contributed by atoms with Crippen LogP contribution in [0.15, 0.2) is 30.3 Å². The molecule has 4 nitrogen and oxygen atoms in total. The SMILES string of the molecule is CC(C)[C@@H](CC(=O)N1CCOC1=O)c1ccccc1. The van der Waals surface area contributed by atoms with Crippen molar-refractivity contribution in [2.24, 2.45) is 5.92 Å². The van der Waals surface area contributed by atoms with Gasteiger partial charge in [-0.2, -0.15) is 0 Å². The molecule has 19 heavy (non-hydrogen) atoms. The highest BCUT2D eigenvalue weighted by molar-refractivity contribution is 5.93. The third-order valence-electron chi connectivity index (χ3n) is 3.49. The van der Waals surface area contributed by atoms with Crippen LogP contribution >= 0.6 is 0 Å². The molecular weight excluding hydrogens is 242 g/mol. The first kappa shape index (κ1) is 13.6. The number of benzene rings is 1. The molecule has 0 radical (unpaired) electrons. The molecule has 1 saturated heterocycles. The molecule has 0 spiro atoms. The second-order valence-corrected chi connectivity index (χ2v) is 5.13. The monoisotopic (exact) mass is 261 g/mol. The van der Waals surface area contributed by atoms with E-state index >= 15 is 0 Å². The number of hydrogen-bond acceptors (Lipinski definition) is 3.